The van der Waals surface area contributed by atoms with Crippen LogP contribution in [0.2, 0.25) is 0 Å². The highest BCUT2D eigenvalue weighted by molar-refractivity contribution is 9.10. The Morgan fingerprint density at radius 1 is 1.50 bits per heavy atom. The zero-order chi connectivity index (χ0) is 12.4. The lowest BCUT2D eigenvalue weighted by Crippen LogP contribution is -2.23. The molecule has 1 aromatic carbocycles. The Labute approximate surface area is 124 Å². The van der Waals surface area contributed by atoms with Gasteiger partial charge in [-0.15, -0.1) is 11.8 Å². The van der Waals surface area contributed by atoms with Gasteiger partial charge in [0.1, 0.15) is 0 Å². The SMILES string of the molecule is Brc1cccc2c1NC(SCN1CCSC1)=NC2. The minimum atomic E-state index is 0.777. The first-order valence-electron chi connectivity index (χ1n) is 5.85. The lowest BCUT2D eigenvalue weighted by atomic mass is 10.1. The number of rotatable bonds is 2. The zero-order valence-electron chi connectivity index (χ0n) is 9.86. The van der Waals surface area contributed by atoms with Crippen molar-refractivity contribution in [2.24, 2.45) is 4.99 Å². The Bertz CT molecular complexity index is 472. The van der Waals surface area contributed by atoms with Gasteiger partial charge in [0.05, 0.1) is 18.1 Å². The van der Waals surface area contributed by atoms with Crippen LogP contribution in [-0.2, 0) is 6.54 Å². The van der Waals surface area contributed by atoms with E-state index in [1.54, 1.807) is 11.8 Å². The van der Waals surface area contributed by atoms with E-state index in [2.05, 4.69) is 49.3 Å². The third-order valence-electron chi connectivity index (χ3n) is 2.93. The van der Waals surface area contributed by atoms with Crippen LogP contribution in [0.25, 0.3) is 0 Å². The molecule has 1 N–H and O–H groups in total. The van der Waals surface area contributed by atoms with Crippen molar-refractivity contribution in [3.63, 3.8) is 0 Å². The first-order chi connectivity index (χ1) is 8.83. The molecule has 0 aliphatic carbocycles. The molecule has 1 saturated heterocycles. The number of nitrogens with one attached hydrogen (secondary N) is 1. The maximum atomic E-state index is 4.59. The topological polar surface area (TPSA) is 27.6 Å². The molecule has 0 radical (unpaired) electrons. The van der Waals surface area contributed by atoms with Crippen molar-refractivity contribution in [1.29, 1.82) is 0 Å². The molecule has 96 valence electrons. The number of benzene rings is 1. The summed E-state index contributed by atoms with van der Waals surface area (Å²) in [7, 11) is 0. The molecule has 2 heterocycles. The van der Waals surface area contributed by atoms with E-state index in [-0.39, 0.29) is 0 Å². The molecular formula is C12H14BrN3S2. The van der Waals surface area contributed by atoms with Crippen LogP contribution in [0.3, 0.4) is 0 Å². The Kier molecular flexibility index (Phi) is 4.18. The minimum Gasteiger partial charge on any atom is -0.334 e. The number of nitrogens with zero attached hydrogens (tertiary/aromatic N) is 2. The molecule has 2 aliphatic rings. The van der Waals surface area contributed by atoms with E-state index in [9.17, 15) is 0 Å². The van der Waals surface area contributed by atoms with E-state index >= 15 is 0 Å². The molecule has 0 bridgehead atoms. The summed E-state index contributed by atoms with van der Waals surface area (Å²) in [4.78, 5) is 7.04. The summed E-state index contributed by atoms with van der Waals surface area (Å²) in [6.07, 6.45) is 0. The normalized spacial score (nSPS) is 19.3. The van der Waals surface area contributed by atoms with Gasteiger partial charge in [-0.2, -0.15) is 0 Å². The number of para-hydroxylation sites is 1. The zero-order valence-corrected chi connectivity index (χ0v) is 13.1. The predicted octanol–water partition coefficient (Wildman–Crippen LogP) is 3.43. The molecule has 0 saturated carbocycles. The minimum absolute atomic E-state index is 0.777. The summed E-state index contributed by atoms with van der Waals surface area (Å²) < 4.78 is 1.12. The molecule has 6 heteroatoms. The van der Waals surface area contributed by atoms with E-state index in [1.807, 2.05) is 11.8 Å². The molecule has 0 amide bonds. The first kappa shape index (κ1) is 12.8. The molecule has 3 rings (SSSR count). The molecule has 0 atom stereocenters. The van der Waals surface area contributed by atoms with Crippen molar-refractivity contribution in [1.82, 2.24) is 4.90 Å². The van der Waals surface area contributed by atoms with Crippen LogP contribution in [0.5, 0.6) is 0 Å². The Morgan fingerprint density at radius 2 is 2.44 bits per heavy atom. The lowest BCUT2D eigenvalue weighted by molar-refractivity contribution is 0.422. The highest BCUT2D eigenvalue weighted by Gasteiger charge is 2.17. The monoisotopic (exact) mass is 343 g/mol. The molecule has 1 fully saturated rings. The first-order valence-corrected chi connectivity index (χ1v) is 8.78. The van der Waals surface area contributed by atoms with E-state index < -0.39 is 0 Å². The second-order valence-corrected chi connectivity index (χ2v) is 7.09. The molecule has 0 unspecified atom stereocenters. The molecular weight excluding hydrogens is 330 g/mol. The van der Waals surface area contributed by atoms with Gasteiger partial charge in [-0.05, 0) is 27.6 Å². The van der Waals surface area contributed by atoms with Gasteiger partial charge in [0.2, 0.25) is 0 Å². The maximum absolute atomic E-state index is 4.59. The average molecular weight is 344 g/mol. The summed E-state index contributed by atoms with van der Waals surface area (Å²) in [6.45, 7) is 1.98. The van der Waals surface area contributed by atoms with Crippen molar-refractivity contribution >= 4 is 50.3 Å². The number of thioether (sulfide) groups is 2. The Balaban J connectivity index is 1.62. The van der Waals surface area contributed by atoms with Gasteiger partial charge < -0.3 is 5.32 Å². The van der Waals surface area contributed by atoms with Gasteiger partial charge in [-0.1, -0.05) is 23.9 Å². The number of aliphatic imine (C=N–C) groups is 1. The smallest absolute Gasteiger partial charge is 0.162 e. The van der Waals surface area contributed by atoms with Crippen LogP contribution in [0.15, 0.2) is 27.7 Å². The number of hydrogen-bond acceptors (Lipinski definition) is 5. The Morgan fingerprint density at radius 3 is 3.28 bits per heavy atom. The largest absolute Gasteiger partial charge is 0.334 e. The van der Waals surface area contributed by atoms with E-state index in [4.69, 9.17) is 0 Å². The van der Waals surface area contributed by atoms with Gasteiger partial charge in [-0.3, -0.25) is 9.89 Å². The second kappa shape index (κ2) is 5.86. The highest BCUT2D eigenvalue weighted by atomic mass is 79.9. The summed E-state index contributed by atoms with van der Waals surface area (Å²) in [5.74, 6) is 3.44. The number of halogens is 1. The molecule has 2 aliphatic heterocycles. The van der Waals surface area contributed by atoms with E-state index in [0.717, 1.165) is 27.9 Å². The molecule has 3 nitrogen and oxygen atoms in total. The number of anilines is 1. The van der Waals surface area contributed by atoms with Crippen molar-refractivity contribution < 1.29 is 0 Å². The number of hydrogen-bond donors (Lipinski definition) is 1. The van der Waals surface area contributed by atoms with Crippen LogP contribution >= 0.6 is 39.5 Å². The van der Waals surface area contributed by atoms with Crippen molar-refractivity contribution in [2.45, 2.75) is 6.54 Å². The summed E-state index contributed by atoms with van der Waals surface area (Å²) in [5, 5.41) is 4.46. The molecule has 0 spiro atoms. The van der Waals surface area contributed by atoms with Gasteiger partial charge in [-0.25, -0.2) is 0 Å². The van der Waals surface area contributed by atoms with Crippen LogP contribution in [0.1, 0.15) is 5.56 Å². The van der Waals surface area contributed by atoms with Gasteiger partial charge in [0.25, 0.3) is 0 Å². The standard InChI is InChI=1S/C12H14BrN3S2/c13-10-3-1-2-9-6-14-12(15-11(9)10)18-8-16-4-5-17-7-16/h1-3H,4-8H2,(H,14,15). The third kappa shape index (κ3) is 2.87. The maximum Gasteiger partial charge on any atom is 0.162 e. The fourth-order valence-electron chi connectivity index (χ4n) is 1.93. The van der Waals surface area contributed by atoms with Crippen molar-refractivity contribution in [3.05, 3.63) is 28.2 Å². The predicted molar refractivity (Wildman–Crippen MR) is 85.4 cm³/mol. The number of fused-ring (bicyclic) bond motifs is 1. The Hall–Kier alpha value is -0.170. The summed E-state index contributed by atoms with van der Waals surface area (Å²) in [5.41, 5.74) is 2.43. The fourth-order valence-corrected chi connectivity index (χ4v) is 4.40. The van der Waals surface area contributed by atoms with Crippen molar-refractivity contribution in [2.75, 3.05) is 29.4 Å². The van der Waals surface area contributed by atoms with Gasteiger partial charge >= 0.3 is 0 Å². The quantitative estimate of drug-likeness (QED) is 0.890. The molecule has 0 aromatic heterocycles. The summed E-state index contributed by atoms with van der Waals surface area (Å²) >= 11 is 7.39. The van der Waals surface area contributed by atoms with Gasteiger partial charge in [0, 0.05) is 22.6 Å². The fraction of sp³-hybridized carbons (Fsp3) is 0.417. The lowest BCUT2D eigenvalue weighted by Gasteiger charge is -2.20. The van der Waals surface area contributed by atoms with Crippen LogP contribution in [0.4, 0.5) is 5.69 Å². The summed E-state index contributed by atoms with van der Waals surface area (Å²) in [6, 6.07) is 6.24. The average Bonchev–Trinajstić information content (AvgIpc) is 2.90. The molecule has 18 heavy (non-hydrogen) atoms. The third-order valence-corrected chi connectivity index (χ3v) is 5.61. The van der Waals surface area contributed by atoms with E-state index in [0.29, 0.717) is 0 Å². The van der Waals surface area contributed by atoms with E-state index in [1.165, 1.54) is 23.5 Å². The highest BCUT2D eigenvalue weighted by Crippen LogP contribution is 2.31. The van der Waals surface area contributed by atoms with Crippen LogP contribution in [0, 0.1) is 0 Å². The number of amidine groups is 1. The van der Waals surface area contributed by atoms with Crippen molar-refractivity contribution in [3.8, 4) is 0 Å². The second-order valence-electron chi connectivity index (χ2n) is 4.23. The molecule has 1 aromatic rings. The van der Waals surface area contributed by atoms with Crippen LogP contribution < -0.4 is 5.32 Å². The van der Waals surface area contributed by atoms with Crippen LogP contribution in [-0.4, -0.2) is 34.1 Å². The van der Waals surface area contributed by atoms with Gasteiger partial charge in [0.15, 0.2) is 5.17 Å².